The zero-order valence-electron chi connectivity index (χ0n) is 13.6. The molecule has 1 N–H and O–H groups in total. The number of fused-ring (bicyclic) bond motifs is 2. The molecule has 0 aliphatic carbocycles. The van der Waals surface area contributed by atoms with Crippen LogP contribution < -0.4 is 5.32 Å². The third-order valence-electron chi connectivity index (χ3n) is 4.13. The van der Waals surface area contributed by atoms with Gasteiger partial charge in [0.2, 0.25) is 0 Å². The van der Waals surface area contributed by atoms with Crippen molar-refractivity contribution < 1.29 is 0 Å². The Kier molecular flexibility index (Phi) is 3.54. The van der Waals surface area contributed by atoms with Gasteiger partial charge in [-0.2, -0.15) is 0 Å². The molecule has 0 amide bonds. The normalized spacial score (nSPS) is 11.1. The molecule has 0 aliphatic rings. The van der Waals surface area contributed by atoms with E-state index in [2.05, 4.69) is 21.4 Å². The van der Waals surface area contributed by atoms with E-state index in [1.54, 1.807) is 23.7 Å². The fourth-order valence-corrected chi connectivity index (χ4v) is 3.53. The molecule has 0 spiro atoms. The summed E-state index contributed by atoms with van der Waals surface area (Å²) in [5.74, 6) is 1.44. The fraction of sp³-hybridized carbons (Fsp3) is 0. The Morgan fingerprint density at radius 3 is 2.65 bits per heavy atom. The highest BCUT2D eigenvalue weighted by Gasteiger charge is 2.10. The summed E-state index contributed by atoms with van der Waals surface area (Å²) in [5.41, 5.74) is 5.62. The second kappa shape index (κ2) is 6.16. The molecule has 0 saturated carbocycles. The Bertz CT molecular complexity index is 1220. The summed E-state index contributed by atoms with van der Waals surface area (Å²) in [6.45, 7) is 0. The van der Waals surface area contributed by atoms with Gasteiger partial charge in [-0.25, -0.2) is 15.0 Å². The van der Waals surface area contributed by atoms with Crippen LogP contribution in [0.5, 0.6) is 0 Å². The highest BCUT2D eigenvalue weighted by Crippen LogP contribution is 2.29. The van der Waals surface area contributed by atoms with Crippen LogP contribution >= 0.6 is 11.3 Å². The van der Waals surface area contributed by atoms with E-state index in [-0.39, 0.29) is 0 Å². The minimum atomic E-state index is 0.670. The van der Waals surface area contributed by atoms with E-state index >= 15 is 0 Å². The maximum absolute atomic E-state index is 4.77. The van der Waals surface area contributed by atoms with Gasteiger partial charge in [0.1, 0.15) is 5.82 Å². The lowest BCUT2D eigenvalue weighted by atomic mass is 10.2. The van der Waals surface area contributed by atoms with Crippen LogP contribution in [0.3, 0.4) is 0 Å². The lowest BCUT2D eigenvalue weighted by molar-refractivity contribution is 1.21. The zero-order valence-corrected chi connectivity index (χ0v) is 14.4. The van der Waals surface area contributed by atoms with Crippen molar-refractivity contribution >= 4 is 44.0 Å². The molecule has 26 heavy (non-hydrogen) atoms. The molecule has 3 aromatic heterocycles. The van der Waals surface area contributed by atoms with Gasteiger partial charge in [0.25, 0.3) is 0 Å². The van der Waals surface area contributed by atoms with Crippen molar-refractivity contribution in [1.82, 2.24) is 19.9 Å². The molecule has 0 atom stereocenters. The van der Waals surface area contributed by atoms with Crippen LogP contribution in [0.1, 0.15) is 0 Å². The monoisotopic (exact) mass is 355 g/mol. The van der Waals surface area contributed by atoms with Crippen molar-refractivity contribution in [3.63, 3.8) is 0 Å². The SMILES string of the molecule is c1ccc2c(Nc3ccc4scnc4c3)nc(-c3ccncc3)nc2c1. The lowest BCUT2D eigenvalue weighted by Gasteiger charge is -2.11. The fourth-order valence-electron chi connectivity index (χ4n) is 2.87. The molecule has 5 nitrogen and oxygen atoms in total. The molecule has 3 heterocycles. The number of anilines is 2. The number of thiazole rings is 1. The van der Waals surface area contributed by atoms with Gasteiger partial charge in [-0.15, -0.1) is 11.3 Å². The van der Waals surface area contributed by atoms with E-state index in [0.29, 0.717) is 5.82 Å². The number of aromatic nitrogens is 4. The number of hydrogen-bond donors (Lipinski definition) is 1. The first kappa shape index (κ1) is 14.9. The van der Waals surface area contributed by atoms with Crippen molar-refractivity contribution in [2.75, 3.05) is 5.32 Å². The van der Waals surface area contributed by atoms with Crippen molar-refractivity contribution in [3.8, 4) is 11.4 Å². The van der Waals surface area contributed by atoms with Gasteiger partial charge in [0.05, 0.1) is 21.2 Å². The predicted molar refractivity (Wildman–Crippen MR) is 106 cm³/mol. The van der Waals surface area contributed by atoms with Crippen LogP contribution in [-0.2, 0) is 0 Å². The minimum absolute atomic E-state index is 0.670. The summed E-state index contributed by atoms with van der Waals surface area (Å²) in [4.78, 5) is 17.9. The van der Waals surface area contributed by atoms with Crippen LogP contribution in [0.2, 0.25) is 0 Å². The molecule has 0 aliphatic heterocycles. The van der Waals surface area contributed by atoms with Crippen molar-refractivity contribution in [3.05, 3.63) is 72.5 Å². The third kappa shape index (κ3) is 2.66. The Labute approximate surface area is 153 Å². The van der Waals surface area contributed by atoms with Gasteiger partial charge in [0, 0.05) is 29.0 Å². The quantitative estimate of drug-likeness (QED) is 0.491. The lowest BCUT2D eigenvalue weighted by Crippen LogP contribution is -1.99. The number of pyridine rings is 1. The summed E-state index contributed by atoms with van der Waals surface area (Å²) >= 11 is 1.63. The van der Waals surface area contributed by atoms with Crippen LogP contribution in [0.25, 0.3) is 32.5 Å². The second-order valence-corrected chi connectivity index (χ2v) is 6.70. The molecule has 5 aromatic rings. The van der Waals surface area contributed by atoms with E-state index < -0.39 is 0 Å². The topological polar surface area (TPSA) is 63.6 Å². The molecule has 5 rings (SSSR count). The second-order valence-electron chi connectivity index (χ2n) is 5.81. The van der Waals surface area contributed by atoms with Crippen molar-refractivity contribution in [2.45, 2.75) is 0 Å². The molecular weight excluding hydrogens is 342 g/mol. The maximum atomic E-state index is 4.77. The summed E-state index contributed by atoms with van der Waals surface area (Å²) in [7, 11) is 0. The number of benzene rings is 2. The van der Waals surface area contributed by atoms with Crippen LogP contribution in [0.4, 0.5) is 11.5 Å². The van der Waals surface area contributed by atoms with Crippen LogP contribution in [0.15, 0.2) is 72.5 Å². The standard InChI is InChI=1S/C20H13N5S/c1-2-4-16-15(3-1)20(25-19(24-16)13-7-9-21-10-8-13)23-14-5-6-18-17(11-14)22-12-26-18/h1-12H,(H,23,24,25). The smallest absolute Gasteiger partial charge is 0.162 e. The predicted octanol–water partition coefficient (Wildman–Crippen LogP) is 5.05. The zero-order chi connectivity index (χ0) is 17.3. The summed E-state index contributed by atoms with van der Waals surface area (Å²) < 4.78 is 1.17. The van der Waals surface area contributed by atoms with E-state index in [1.807, 2.05) is 54.0 Å². The number of rotatable bonds is 3. The summed E-state index contributed by atoms with van der Waals surface area (Å²) in [5, 5.41) is 4.41. The first-order valence-corrected chi connectivity index (χ1v) is 9.02. The molecule has 0 bridgehead atoms. The highest BCUT2D eigenvalue weighted by atomic mass is 32.1. The van der Waals surface area contributed by atoms with Crippen molar-refractivity contribution in [2.24, 2.45) is 0 Å². The molecule has 0 saturated heterocycles. The summed E-state index contributed by atoms with van der Waals surface area (Å²) in [6.07, 6.45) is 3.49. The molecule has 124 valence electrons. The van der Waals surface area contributed by atoms with Crippen molar-refractivity contribution in [1.29, 1.82) is 0 Å². The van der Waals surface area contributed by atoms with E-state index in [0.717, 1.165) is 33.5 Å². The third-order valence-corrected chi connectivity index (χ3v) is 4.94. The van der Waals surface area contributed by atoms with Gasteiger partial charge in [-0.05, 0) is 42.5 Å². The molecule has 0 radical (unpaired) electrons. The first-order chi connectivity index (χ1) is 12.9. The van der Waals surface area contributed by atoms with Gasteiger partial charge in [0.15, 0.2) is 5.82 Å². The molecular formula is C20H13N5S. The maximum Gasteiger partial charge on any atom is 0.162 e. The largest absolute Gasteiger partial charge is 0.340 e. The number of para-hydroxylation sites is 1. The van der Waals surface area contributed by atoms with Gasteiger partial charge in [-0.3, -0.25) is 4.98 Å². The molecule has 0 fully saturated rings. The Hall–Kier alpha value is -3.38. The van der Waals surface area contributed by atoms with Gasteiger partial charge < -0.3 is 5.32 Å². The van der Waals surface area contributed by atoms with E-state index in [1.165, 1.54) is 4.70 Å². The van der Waals surface area contributed by atoms with Crippen LogP contribution in [-0.4, -0.2) is 19.9 Å². The molecule has 2 aromatic carbocycles. The first-order valence-electron chi connectivity index (χ1n) is 8.14. The average Bonchev–Trinajstić information content (AvgIpc) is 3.16. The Morgan fingerprint density at radius 1 is 0.846 bits per heavy atom. The minimum Gasteiger partial charge on any atom is -0.340 e. The average molecular weight is 355 g/mol. The number of nitrogens with one attached hydrogen (secondary N) is 1. The number of nitrogens with zero attached hydrogens (tertiary/aromatic N) is 4. The van der Waals surface area contributed by atoms with Gasteiger partial charge in [-0.1, -0.05) is 12.1 Å². The van der Waals surface area contributed by atoms with E-state index in [9.17, 15) is 0 Å². The molecule has 6 heteroatoms. The van der Waals surface area contributed by atoms with E-state index in [4.69, 9.17) is 9.97 Å². The van der Waals surface area contributed by atoms with Gasteiger partial charge >= 0.3 is 0 Å². The Balaban J connectivity index is 1.65. The van der Waals surface area contributed by atoms with Crippen LogP contribution in [0, 0.1) is 0 Å². The highest BCUT2D eigenvalue weighted by molar-refractivity contribution is 7.16. The molecule has 0 unspecified atom stereocenters. The summed E-state index contributed by atoms with van der Waals surface area (Å²) in [6, 6.07) is 18.0. The number of hydrogen-bond acceptors (Lipinski definition) is 6. The Morgan fingerprint density at radius 2 is 1.73 bits per heavy atom.